The van der Waals surface area contributed by atoms with Crippen molar-refractivity contribution in [1.29, 1.82) is 0 Å². The largest absolute Gasteiger partial charge is 0.331 e. The molecule has 2 heteroatoms. The van der Waals surface area contributed by atoms with E-state index < -0.39 is 0 Å². The summed E-state index contributed by atoms with van der Waals surface area (Å²) in [5.41, 5.74) is 2.16. The molecule has 2 aromatic carbocycles. The molecule has 0 unspecified atom stereocenters. The van der Waals surface area contributed by atoms with Crippen LogP contribution in [0.3, 0.4) is 0 Å². The molecule has 1 aliphatic heterocycles. The molecule has 0 atom stereocenters. The van der Waals surface area contributed by atoms with Crippen molar-refractivity contribution in [2.24, 2.45) is 0 Å². The Kier molecular flexibility index (Phi) is 2.76. The van der Waals surface area contributed by atoms with E-state index in [1.165, 1.54) is 43.1 Å². The van der Waals surface area contributed by atoms with Crippen molar-refractivity contribution in [1.82, 2.24) is 4.90 Å². The third kappa shape index (κ3) is 1.75. The fourth-order valence-corrected chi connectivity index (χ4v) is 3.79. The summed E-state index contributed by atoms with van der Waals surface area (Å²) < 4.78 is 0. The second-order valence-corrected chi connectivity index (χ2v) is 6.05. The molecular formula is C18H19NO. The smallest absolute Gasteiger partial charge is 0.255 e. The number of amides is 1. The molecule has 1 heterocycles. The van der Waals surface area contributed by atoms with Gasteiger partial charge in [-0.15, -0.1) is 0 Å². The van der Waals surface area contributed by atoms with Gasteiger partial charge in [-0.1, -0.05) is 55.7 Å². The van der Waals surface area contributed by atoms with Gasteiger partial charge in [0.1, 0.15) is 0 Å². The van der Waals surface area contributed by atoms with E-state index in [2.05, 4.69) is 29.2 Å². The summed E-state index contributed by atoms with van der Waals surface area (Å²) in [6.07, 6.45) is 6.22. The number of carbonyl (C=O) groups is 1. The molecule has 0 spiro atoms. The maximum atomic E-state index is 12.8. The van der Waals surface area contributed by atoms with Crippen LogP contribution in [-0.4, -0.2) is 16.8 Å². The molecule has 0 bridgehead atoms. The molecule has 0 saturated heterocycles. The molecule has 0 radical (unpaired) electrons. The number of benzene rings is 2. The van der Waals surface area contributed by atoms with Gasteiger partial charge in [0.25, 0.3) is 5.91 Å². The van der Waals surface area contributed by atoms with E-state index in [0.29, 0.717) is 6.04 Å². The third-order valence-electron chi connectivity index (χ3n) is 4.85. The average Bonchev–Trinajstić information content (AvgIpc) is 2.86. The number of carbonyl (C=O) groups excluding carboxylic acids is 1. The SMILES string of the molecule is O=C1c2c(ccc3ccccc23)CN1C1CCCCC1. The lowest BCUT2D eigenvalue weighted by atomic mass is 9.94. The lowest BCUT2D eigenvalue weighted by Crippen LogP contribution is -2.36. The standard InChI is InChI=1S/C18H19NO/c20-18-17-14(11-10-13-6-4-5-9-16(13)17)12-19(18)15-7-2-1-3-8-15/h4-6,9-11,15H,1-3,7-8,12H2. The highest BCUT2D eigenvalue weighted by molar-refractivity contribution is 6.10. The molecule has 20 heavy (non-hydrogen) atoms. The first-order valence-corrected chi connectivity index (χ1v) is 7.66. The van der Waals surface area contributed by atoms with Crippen LogP contribution in [0.2, 0.25) is 0 Å². The van der Waals surface area contributed by atoms with E-state index in [1.54, 1.807) is 0 Å². The molecule has 1 saturated carbocycles. The van der Waals surface area contributed by atoms with Crippen molar-refractivity contribution in [2.75, 3.05) is 0 Å². The summed E-state index contributed by atoms with van der Waals surface area (Å²) in [6.45, 7) is 0.809. The van der Waals surface area contributed by atoms with Crippen LogP contribution in [0.15, 0.2) is 36.4 Å². The molecule has 2 aromatic rings. The van der Waals surface area contributed by atoms with E-state index in [0.717, 1.165) is 17.5 Å². The average molecular weight is 265 g/mol. The first kappa shape index (κ1) is 12.0. The van der Waals surface area contributed by atoms with Gasteiger partial charge in [0.2, 0.25) is 0 Å². The van der Waals surface area contributed by atoms with Crippen LogP contribution < -0.4 is 0 Å². The fourth-order valence-electron chi connectivity index (χ4n) is 3.79. The van der Waals surface area contributed by atoms with E-state index in [-0.39, 0.29) is 5.91 Å². The number of rotatable bonds is 1. The topological polar surface area (TPSA) is 20.3 Å². The van der Waals surface area contributed by atoms with Gasteiger partial charge in [0.15, 0.2) is 0 Å². The van der Waals surface area contributed by atoms with Gasteiger partial charge in [0, 0.05) is 12.6 Å². The van der Waals surface area contributed by atoms with Crippen molar-refractivity contribution in [3.05, 3.63) is 47.5 Å². The Morgan fingerprint density at radius 1 is 0.950 bits per heavy atom. The number of hydrogen-bond donors (Lipinski definition) is 0. The van der Waals surface area contributed by atoms with Gasteiger partial charge in [-0.25, -0.2) is 0 Å². The molecule has 0 N–H and O–H groups in total. The minimum Gasteiger partial charge on any atom is -0.331 e. The highest BCUT2D eigenvalue weighted by Gasteiger charge is 2.34. The second kappa shape index (κ2) is 4.62. The Morgan fingerprint density at radius 2 is 1.75 bits per heavy atom. The second-order valence-electron chi connectivity index (χ2n) is 6.05. The fraction of sp³-hybridized carbons (Fsp3) is 0.389. The maximum Gasteiger partial charge on any atom is 0.255 e. The lowest BCUT2D eigenvalue weighted by Gasteiger charge is -2.30. The lowest BCUT2D eigenvalue weighted by molar-refractivity contribution is 0.0661. The van der Waals surface area contributed by atoms with E-state index in [1.807, 2.05) is 12.1 Å². The Hall–Kier alpha value is -1.83. The van der Waals surface area contributed by atoms with Gasteiger partial charge in [0.05, 0.1) is 5.56 Å². The van der Waals surface area contributed by atoms with Crippen molar-refractivity contribution < 1.29 is 4.79 Å². The maximum absolute atomic E-state index is 12.8. The van der Waals surface area contributed by atoms with Gasteiger partial charge < -0.3 is 4.90 Å². The minimum absolute atomic E-state index is 0.253. The van der Waals surface area contributed by atoms with Crippen molar-refractivity contribution in [2.45, 2.75) is 44.7 Å². The highest BCUT2D eigenvalue weighted by atomic mass is 16.2. The van der Waals surface area contributed by atoms with Gasteiger partial charge in [-0.3, -0.25) is 4.79 Å². The minimum atomic E-state index is 0.253. The Morgan fingerprint density at radius 3 is 2.60 bits per heavy atom. The number of fused-ring (bicyclic) bond motifs is 3. The van der Waals surface area contributed by atoms with Gasteiger partial charge >= 0.3 is 0 Å². The molecule has 102 valence electrons. The molecule has 2 nitrogen and oxygen atoms in total. The summed E-state index contributed by atoms with van der Waals surface area (Å²) in [5, 5.41) is 2.29. The van der Waals surface area contributed by atoms with Crippen molar-refractivity contribution >= 4 is 16.7 Å². The highest BCUT2D eigenvalue weighted by Crippen LogP contribution is 2.34. The molecule has 2 aliphatic rings. The summed E-state index contributed by atoms with van der Waals surface area (Å²) in [4.78, 5) is 15.0. The van der Waals surface area contributed by atoms with Gasteiger partial charge in [-0.2, -0.15) is 0 Å². The van der Waals surface area contributed by atoms with Gasteiger partial charge in [-0.05, 0) is 29.2 Å². The molecule has 1 aliphatic carbocycles. The first-order valence-electron chi connectivity index (χ1n) is 7.66. The summed E-state index contributed by atoms with van der Waals surface area (Å²) in [7, 11) is 0. The number of hydrogen-bond acceptors (Lipinski definition) is 1. The molecular weight excluding hydrogens is 246 g/mol. The zero-order chi connectivity index (χ0) is 13.5. The molecule has 1 amide bonds. The van der Waals surface area contributed by atoms with Crippen LogP contribution in [0.25, 0.3) is 10.8 Å². The summed E-state index contributed by atoms with van der Waals surface area (Å²) in [6, 6.07) is 13.0. The Labute approximate surface area is 119 Å². The zero-order valence-corrected chi connectivity index (χ0v) is 11.6. The Bertz CT molecular complexity index is 670. The van der Waals surface area contributed by atoms with E-state index in [9.17, 15) is 4.79 Å². The molecule has 1 fully saturated rings. The molecule has 0 aromatic heterocycles. The van der Waals surface area contributed by atoms with Crippen molar-refractivity contribution in [3.8, 4) is 0 Å². The third-order valence-corrected chi connectivity index (χ3v) is 4.85. The van der Waals surface area contributed by atoms with Crippen LogP contribution >= 0.6 is 0 Å². The quantitative estimate of drug-likeness (QED) is 0.759. The van der Waals surface area contributed by atoms with Crippen molar-refractivity contribution in [3.63, 3.8) is 0 Å². The van der Waals surface area contributed by atoms with Crippen LogP contribution in [0, 0.1) is 0 Å². The van der Waals surface area contributed by atoms with Crippen LogP contribution in [-0.2, 0) is 6.54 Å². The predicted octanol–water partition coefficient (Wildman–Crippen LogP) is 4.13. The van der Waals surface area contributed by atoms with E-state index >= 15 is 0 Å². The van der Waals surface area contributed by atoms with Crippen LogP contribution in [0.5, 0.6) is 0 Å². The molecule has 4 rings (SSSR count). The number of nitrogens with zero attached hydrogens (tertiary/aromatic N) is 1. The normalized spacial score (nSPS) is 19.6. The monoisotopic (exact) mass is 265 g/mol. The Balaban J connectivity index is 1.76. The van der Waals surface area contributed by atoms with Crippen LogP contribution in [0.4, 0.5) is 0 Å². The summed E-state index contributed by atoms with van der Waals surface area (Å²) in [5.74, 6) is 0.253. The predicted molar refractivity (Wildman–Crippen MR) is 80.7 cm³/mol. The van der Waals surface area contributed by atoms with Crippen LogP contribution in [0.1, 0.15) is 48.0 Å². The first-order chi connectivity index (χ1) is 9.84. The van der Waals surface area contributed by atoms with E-state index in [4.69, 9.17) is 0 Å². The zero-order valence-electron chi connectivity index (χ0n) is 11.6. The summed E-state index contributed by atoms with van der Waals surface area (Å²) >= 11 is 0.